The first-order valence-corrected chi connectivity index (χ1v) is 6.95. The van der Waals surface area contributed by atoms with Crippen LogP contribution in [0.5, 0.6) is 0 Å². The van der Waals surface area contributed by atoms with Crippen LogP contribution >= 0.6 is 0 Å². The van der Waals surface area contributed by atoms with Crippen LogP contribution in [0.15, 0.2) is 15.7 Å². The van der Waals surface area contributed by atoms with E-state index in [1.165, 1.54) is 32.0 Å². The molecule has 0 atom stereocenters. The second kappa shape index (κ2) is 8.03. The molecule has 0 aliphatic carbocycles. The highest BCUT2D eigenvalue weighted by Gasteiger charge is 2.07. The molecule has 0 saturated carbocycles. The molecule has 4 heteroatoms. The number of hydrogen-bond donors (Lipinski definition) is 1. The normalized spacial score (nSPS) is 11.3. The molecule has 4 nitrogen and oxygen atoms in total. The molecule has 0 bridgehead atoms. The molecule has 18 heavy (non-hydrogen) atoms. The Morgan fingerprint density at radius 3 is 2.22 bits per heavy atom. The summed E-state index contributed by atoms with van der Waals surface area (Å²) in [5.74, 6) is 0. The minimum atomic E-state index is -0.380. The van der Waals surface area contributed by atoms with E-state index in [-0.39, 0.29) is 10.9 Å². The van der Waals surface area contributed by atoms with Gasteiger partial charge in [0.05, 0.1) is 5.69 Å². The summed E-state index contributed by atoms with van der Waals surface area (Å²) >= 11 is 0. The number of nitrogens with zero attached hydrogens (tertiary/aromatic N) is 1. The Hall–Kier alpha value is -1.16. The van der Waals surface area contributed by atoms with Gasteiger partial charge in [-0.2, -0.15) is 0 Å². The Labute approximate surface area is 109 Å². The van der Waals surface area contributed by atoms with E-state index in [4.69, 9.17) is 0 Å². The molecule has 1 N–H and O–H groups in total. The number of nitrogens with one attached hydrogen (secondary N) is 1. The van der Waals surface area contributed by atoms with Crippen molar-refractivity contribution in [2.45, 2.75) is 39.5 Å². The molecule has 0 fully saturated rings. The largest absolute Gasteiger partial charge is 0.382 e. The fourth-order valence-electron chi connectivity index (χ4n) is 2.10. The smallest absolute Gasteiger partial charge is 0.248 e. The molecule has 1 rings (SSSR count). The minimum Gasteiger partial charge on any atom is -0.382 e. The van der Waals surface area contributed by atoms with Crippen LogP contribution in [0.25, 0.3) is 0 Å². The van der Waals surface area contributed by atoms with E-state index in [1.807, 2.05) is 0 Å². The molecule has 0 aliphatic rings. The predicted molar refractivity (Wildman–Crippen MR) is 76.1 cm³/mol. The van der Waals surface area contributed by atoms with Crippen LogP contribution in [0.2, 0.25) is 0 Å². The van der Waals surface area contributed by atoms with Crippen molar-refractivity contribution < 1.29 is 0 Å². The summed E-state index contributed by atoms with van der Waals surface area (Å²) in [5, 5.41) is 3.01. The van der Waals surface area contributed by atoms with Crippen molar-refractivity contribution in [2.75, 3.05) is 31.5 Å². The van der Waals surface area contributed by atoms with E-state index in [2.05, 4.69) is 24.1 Å². The molecule has 0 radical (unpaired) electrons. The van der Waals surface area contributed by atoms with E-state index in [0.717, 1.165) is 25.9 Å². The van der Waals surface area contributed by atoms with E-state index >= 15 is 0 Å². The van der Waals surface area contributed by atoms with Gasteiger partial charge in [-0.25, -0.2) is 0 Å². The Kier molecular flexibility index (Phi) is 6.65. The summed E-state index contributed by atoms with van der Waals surface area (Å²) in [6.45, 7) is 8.64. The Bertz CT molecular complexity index is 402. The van der Waals surface area contributed by atoms with Gasteiger partial charge in [-0.05, 0) is 45.3 Å². The van der Waals surface area contributed by atoms with Crippen LogP contribution in [0.4, 0.5) is 5.69 Å². The van der Waals surface area contributed by atoms with Crippen LogP contribution in [0.3, 0.4) is 0 Å². The third kappa shape index (κ3) is 4.61. The highest BCUT2D eigenvalue weighted by molar-refractivity contribution is 5.46. The van der Waals surface area contributed by atoms with Gasteiger partial charge in [0.1, 0.15) is 0 Å². The highest BCUT2D eigenvalue weighted by atomic mass is 16.2. The Morgan fingerprint density at radius 1 is 1.06 bits per heavy atom. The van der Waals surface area contributed by atoms with E-state index in [9.17, 15) is 9.59 Å². The average molecular weight is 252 g/mol. The molecular formula is C14H24N2O2. The summed E-state index contributed by atoms with van der Waals surface area (Å²) in [4.78, 5) is 24.2. The lowest BCUT2D eigenvalue weighted by Gasteiger charge is -2.20. The SMILES string of the molecule is CCCN(CCC)CCCCNc1cc(=O)c1=O. The van der Waals surface area contributed by atoms with Gasteiger partial charge in [-0.1, -0.05) is 13.8 Å². The van der Waals surface area contributed by atoms with Gasteiger partial charge in [0.25, 0.3) is 0 Å². The van der Waals surface area contributed by atoms with Gasteiger partial charge in [0.2, 0.25) is 10.9 Å². The topological polar surface area (TPSA) is 49.4 Å². The van der Waals surface area contributed by atoms with Crippen molar-refractivity contribution in [3.05, 3.63) is 26.5 Å². The van der Waals surface area contributed by atoms with Gasteiger partial charge in [0.15, 0.2) is 0 Å². The summed E-state index contributed by atoms with van der Waals surface area (Å²) in [6, 6.07) is 1.38. The molecule has 0 aromatic heterocycles. The molecule has 1 aromatic carbocycles. The zero-order valence-electron chi connectivity index (χ0n) is 11.5. The summed E-state index contributed by atoms with van der Waals surface area (Å²) in [7, 11) is 0. The van der Waals surface area contributed by atoms with Crippen molar-refractivity contribution in [3.63, 3.8) is 0 Å². The van der Waals surface area contributed by atoms with Crippen LogP contribution in [-0.4, -0.2) is 31.1 Å². The molecular weight excluding hydrogens is 228 g/mol. The fourth-order valence-corrected chi connectivity index (χ4v) is 2.10. The van der Waals surface area contributed by atoms with Gasteiger partial charge >= 0.3 is 0 Å². The maximum atomic E-state index is 11.0. The second-order valence-electron chi connectivity index (χ2n) is 4.73. The van der Waals surface area contributed by atoms with Gasteiger partial charge in [0, 0.05) is 12.6 Å². The predicted octanol–water partition coefficient (Wildman–Crippen LogP) is 1.60. The lowest BCUT2D eigenvalue weighted by molar-refractivity contribution is 0.270. The van der Waals surface area contributed by atoms with Crippen molar-refractivity contribution in [2.24, 2.45) is 0 Å². The Morgan fingerprint density at radius 2 is 1.72 bits per heavy atom. The van der Waals surface area contributed by atoms with Crippen LogP contribution in [-0.2, 0) is 0 Å². The molecule has 0 saturated heterocycles. The maximum absolute atomic E-state index is 11.0. The quantitative estimate of drug-likeness (QED) is 0.507. The summed E-state index contributed by atoms with van der Waals surface area (Å²) in [6.07, 6.45) is 4.55. The van der Waals surface area contributed by atoms with Crippen LogP contribution < -0.4 is 16.2 Å². The molecule has 0 spiro atoms. The number of hydrogen-bond acceptors (Lipinski definition) is 4. The molecule has 0 heterocycles. The van der Waals surface area contributed by atoms with Gasteiger partial charge in [-0.3, -0.25) is 9.59 Å². The first-order valence-electron chi connectivity index (χ1n) is 6.95. The maximum Gasteiger partial charge on any atom is 0.248 e. The summed E-state index contributed by atoms with van der Waals surface area (Å²) in [5.41, 5.74) is -0.262. The lowest BCUT2D eigenvalue weighted by atomic mass is 10.2. The van der Waals surface area contributed by atoms with E-state index in [0.29, 0.717) is 5.69 Å². The summed E-state index contributed by atoms with van der Waals surface area (Å²) < 4.78 is 0. The second-order valence-corrected chi connectivity index (χ2v) is 4.73. The molecule has 0 amide bonds. The first-order chi connectivity index (χ1) is 8.69. The molecule has 1 aromatic rings. The third-order valence-corrected chi connectivity index (χ3v) is 3.04. The van der Waals surface area contributed by atoms with Crippen molar-refractivity contribution in [3.8, 4) is 0 Å². The van der Waals surface area contributed by atoms with Crippen LogP contribution in [0, 0.1) is 0 Å². The standard InChI is InChI=1S/C14H24N2O2/c1-3-8-16(9-4-2)10-6-5-7-15-12-11-13(17)14(12)18/h11,15H,3-10H2,1-2H3. The minimum absolute atomic E-state index is 0.367. The van der Waals surface area contributed by atoms with E-state index < -0.39 is 0 Å². The van der Waals surface area contributed by atoms with Gasteiger partial charge < -0.3 is 10.2 Å². The fraction of sp³-hybridized carbons (Fsp3) is 0.714. The highest BCUT2D eigenvalue weighted by Crippen LogP contribution is 2.00. The van der Waals surface area contributed by atoms with Gasteiger partial charge in [-0.15, -0.1) is 0 Å². The number of rotatable bonds is 10. The first kappa shape index (κ1) is 14.9. The van der Waals surface area contributed by atoms with Crippen LogP contribution in [0.1, 0.15) is 39.5 Å². The van der Waals surface area contributed by atoms with Crippen molar-refractivity contribution >= 4 is 5.69 Å². The lowest BCUT2D eigenvalue weighted by Crippen LogP contribution is -2.32. The van der Waals surface area contributed by atoms with Crippen molar-refractivity contribution in [1.29, 1.82) is 0 Å². The zero-order chi connectivity index (χ0) is 13.4. The Balaban J connectivity index is 2.09. The monoisotopic (exact) mass is 252 g/mol. The number of unbranched alkanes of at least 4 members (excludes halogenated alkanes) is 1. The van der Waals surface area contributed by atoms with Crippen molar-refractivity contribution in [1.82, 2.24) is 4.90 Å². The molecule has 102 valence electrons. The number of anilines is 1. The molecule has 0 aliphatic heterocycles. The zero-order valence-corrected chi connectivity index (χ0v) is 11.5. The average Bonchev–Trinajstić information content (AvgIpc) is 2.37. The molecule has 0 unspecified atom stereocenters. The third-order valence-electron chi connectivity index (χ3n) is 3.04. The van der Waals surface area contributed by atoms with E-state index in [1.54, 1.807) is 0 Å².